The van der Waals surface area contributed by atoms with Gasteiger partial charge >= 0.3 is 6.36 Å². The van der Waals surface area contributed by atoms with Gasteiger partial charge in [-0.3, -0.25) is 14.5 Å². The number of nitrogens with zero attached hydrogens (tertiary/aromatic N) is 1. The molecule has 36 heavy (non-hydrogen) atoms. The van der Waals surface area contributed by atoms with E-state index in [2.05, 4.69) is 4.74 Å². The molecule has 3 aromatic carbocycles. The minimum Gasteiger partial charge on any atom is -0.507 e. The fraction of sp³-hybridized carbons (Fsp3) is 0.154. The van der Waals surface area contributed by atoms with Gasteiger partial charge < -0.3 is 19.3 Å². The Morgan fingerprint density at radius 3 is 2.25 bits per heavy atom. The monoisotopic (exact) mass is 499 g/mol. The Balaban J connectivity index is 1.91. The Kier molecular flexibility index (Phi) is 6.61. The average molecular weight is 499 g/mol. The fourth-order valence-corrected chi connectivity index (χ4v) is 4.02. The van der Waals surface area contributed by atoms with Gasteiger partial charge in [0.15, 0.2) is 0 Å². The second kappa shape index (κ2) is 9.65. The van der Waals surface area contributed by atoms with Gasteiger partial charge in [0.1, 0.15) is 23.0 Å². The summed E-state index contributed by atoms with van der Waals surface area (Å²) >= 11 is 0. The zero-order valence-corrected chi connectivity index (χ0v) is 19.1. The summed E-state index contributed by atoms with van der Waals surface area (Å²) in [7, 11) is 2.82. The van der Waals surface area contributed by atoms with E-state index >= 15 is 0 Å². The molecule has 0 spiro atoms. The van der Waals surface area contributed by atoms with Crippen LogP contribution in [0.3, 0.4) is 0 Å². The Morgan fingerprint density at radius 2 is 1.61 bits per heavy atom. The Bertz CT molecular complexity index is 1340. The molecule has 1 N–H and O–H groups in total. The molecule has 7 nitrogen and oxygen atoms in total. The minimum atomic E-state index is -4.95. The van der Waals surface area contributed by atoms with Crippen LogP contribution in [-0.4, -0.2) is 37.4 Å². The summed E-state index contributed by atoms with van der Waals surface area (Å²) in [5, 5.41) is 11.3. The number of alkyl halides is 3. The predicted molar refractivity (Wildman–Crippen MR) is 124 cm³/mol. The molecule has 1 saturated heterocycles. The van der Waals surface area contributed by atoms with Crippen LogP contribution in [0.25, 0.3) is 5.76 Å². The highest BCUT2D eigenvalue weighted by molar-refractivity contribution is 6.51. The van der Waals surface area contributed by atoms with Crippen LogP contribution in [0.4, 0.5) is 18.9 Å². The van der Waals surface area contributed by atoms with E-state index in [1.165, 1.54) is 38.5 Å². The number of hydrogen-bond acceptors (Lipinski definition) is 6. The number of ether oxygens (including phenoxy) is 3. The summed E-state index contributed by atoms with van der Waals surface area (Å²) in [5.41, 5.74) is 0.310. The van der Waals surface area contributed by atoms with Crippen molar-refractivity contribution in [1.82, 2.24) is 0 Å². The number of amides is 1. The van der Waals surface area contributed by atoms with Crippen molar-refractivity contribution in [3.63, 3.8) is 0 Å². The third kappa shape index (κ3) is 4.70. The number of rotatable bonds is 6. The Hall–Kier alpha value is -4.47. The number of hydrogen-bond donors (Lipinski definition) is 1. The summed E-state index contributed by atoms with van der Waals surface area (Å²) < 4.78 is 52.9. The molecule has 186 valence electrons. The molecule has 0 aliphatic carbocycles. The second-order valence-electron chi connectivity index (χ2n) is 7.69. The number of carbonyl (C=O) groups excluding carboxylic acids is 2. The van der Waals surface area contributed by atoms with E-state index in [9.17, 15) is 27.9 Å². The van der Waals surface area contributed by atoms with Crippen LogP contribution in [0.5, 0.6) is 17.2 Å². The highest BCUT2D eigenvalue weighted by atomic mass is 19.4. The maximum absolute atomic E-state index is 13.2. The van der Waals surface area contributed by atoms with Crippen LogP contribution in [0.15, 0.2) is 78.4 Å². The minimum absolute atomic E-state index is 0.0200. The van der Waals surface area contributed by atoms with E-state index in [1.54, 1.807) is 36.4 Å². The first kappa shape index (κ1) is 24.6. The third-order valence-electron chi connectivity index (χ3n) is 5.55. The number of carbonyl (C=O) groups is 2. The number of aliphatic hydroxyl groups excluding tert-OH is 1. The number of ketones is 1. The lowest BCUT2D eigenvalue weighted by molar-refractivity contribution is -0.274. The van der Waals surface area contributed by atoms with Crippen LogP contribution < -0.4 is 19.1 Å². The predicted octanol–water partition coefficient (Wildman–Crippen LogP) is 5.23. The maximum atomic E-state index is 13.2. The summed E-state index contributed by atoms with van der Waals surface area (Å²) in [6, 6.07) is 16.4. The standard InChI is InChI=1S/C26H20F3NO6/c1-34-17-11-12-19(20(14-17)35-2)23(31)21-22(15-7-4-3-5-8-15)30(25(33)24(21)32)16-9-6-10-18(13-16)36-26(27,28)29/h3-14,22,31H,1-2H3/b23-21-. The lowest BCUT2D eigenvalue weighted by Crippen LogP contribution is -2.29. The summed E-state index contributed by atoms with van der Waals surface area (Å²) in [6.45, 7) is 0. The molecule has 0 saturated carbocycles. The molecule has 1 aliphatic rings. The lowest BCUT2D eigenvalue weighted by atomic mass is 9.95. The molecule has 0 aromatic heterocycles. The molecule has 1 unspecified atom stereocenters. The molecule has 4 rings (SSSR count). The molecule has 1 aliphatic heterocycles. The van der Waals surface area contributed by atoms with Gasteiger partial charge in [-0.2, -0.15) is 0 Å². The normalized spacial score (nSPS) is 17.2. The molecule has 0 bridgehead atoms. The number of anilines is 1. The molecule has 10 heteroatoms. The number of benzene rings is 3. The first-order valence-electron chi connectivity index (χ1n) is 10.6. The van der Waals surface area contributed by atoms with Gasteiger partial charge in [0, 0.05) is 17.8 Å². The fourth-order valence-electron chi connectivity index (χ4n) is 4.02. The quantitative estimate of drug-likeness (QED) is 0.284. The highest BCUT2D eigenvalue weighted by Gasteiger charge is 2.47. The van der Waals surface area contributed by atoms with Gasteiger partial charge in [0.05, 0.1) is 31.4 Å². The van der Waals surface area contributed by atoms with E-state index in [4.69, 9.17) is 9.47 Å². The van der Waals surface area contributed by atoms with Gasteiger partial charge in [0.25, 0.3) is 11.7 Å². The van der Waals surface area contributed by atoms with Crippen molar-refractivity contribution in [3.8, 4) is 17.2 Å². The maximum Gasteiger partial charge on any atom is 0.573 e. The molecular weight excluding hydrogens is 479 g/mol. The summed E-state index contributed by atoms with van der Waals surface area (Å²) in [5.74, 6) is -2.49. The largest absolute Gasteiger partial charge is 0.573 e. The smallest absolute Gasteiger partial charge is 0.507 e. The van der Waals surface area contributed by atoms with Crippen molar-refractivity contribution in [2.24, 2.45) is 0 Å². The number of Topliss-reactive ketones (excluding diaryl/α,β-unsaturated/α-hetero) is 1. The van der Waals surface area contributed by atoms with Gasteiger partial charge in [-0.05, 0) is 29.8 Å². The van der Waals surface area contributed by atoms with E-state index in [0.717, 1.165) is 17.0 Å². The van der Waals surface area contributed by atoms with Crippen molar-refractivity contribution in [1.29, 1.82) is 0 Å². The van der Waals surface area contributed by atoms with Crippen LogP contribution >= 0.6 is 0 Å². The van der Waals surface area contributed by atoms with Crippen LogP contribution in [0.1, 0.15) is 17.2 Å². The molecule has 0 radical (unpaired) electrons. The second-order valence-corrected chi connectivity index (χ2v) is 7.69. The first-order chi connectivity index (χ1) is 17.1. The number of halogens is 3. The molecule has 1 amide bonds. The topological polar surface area (TPSA) is 85.3 Å². The van der Waals surface area contributed by atoms with Gasteiger partial charge in [-0.1, -0.05) is 36.4 Å². The zero-order valence-electron chi connectivity index (χ0n) is 19.1. The zero-order chi connectivity index (χ0) is 26.0. The Morgan fingerprint density at radius 1 is 0.889 bits per heavy atom. The molecule has 1 fully saturated rings. The molecule has 1 heterocycles. The molecular formula is C26H20F3NO6. The van der Waals surface area contributed by atoms with Crippen molar-refractivity contribution >= 4 is 23.1 Å². The van der Waals surface area contributed by atoms with Crippen molar-refractivity contribution < 1.29 is 42.1 Å². The van der Waals surface area contributed by atoms with E-state index < -0.39 is 35.6 Å². The van der Waals surface area contributed by atoms with E-state index in [0.29, 0.717) is 11.3 Å². The summed E-state index contributed by atoms with van der Waals surface area (Å²) in [4.78, 5) is 27.5. The average Bonchev–Trinajstić information content (AvgIpc) is 3.13. The lowest BCUT2D eigenvalue weighted by Gasteiger charge is -2.26. The molecule has 1 atom stereocenters. The van der Waals surface area contributed by atoms with Crippen LogP contribution in [0, 0.1) is 0 Å². The highest BCUT2D eigenvalue weighted by Crippen LogP contribution is 2.44. The van der Waals surface area contributed by atoms with Crippen molar-refractivity contribution in [2.45, 2.75) is 12.4 Å². The molecule has 3 aromatic rings. The van der Waals surface area contributed by atoms with E-state index in [1.807, 2.05) is 0 Å². The first-order valence-corrected chi connectivity index (χ1v) is 10.6. The Labute approximate surface area is 203 Å². The SMILES string of the molecule is COc1ccc(/C(O)=C2/C(=O)C(=O)N(c3cccc(OC(F)(F)F)c3)C2c2ccccc2)c(OC)c1. The summed E-state index contributed by atoms with van der Waals surface area (Å²) in [6.07, 6.45) is -4.95. The number of methoxy groups -OCH3 is 2. The van der Waals surface area contributed by atoms with Crippen LogP contribution in [-0.2, 0) is 9.59 Å². The van der Waals surface area contributed by atoms with Crippen molar-refractivity contribution in [2.75, 3.05) is 19.1 Å². The van der Waals surface area contributed by atoms with Gasteiger partial charge in [-0.15, -0.1) is 13.2 Å². The number of aliphatic hydroxyl groups is 1. The van der Waals surface area contributed by atoms with Gasteiger partial charge in [0.2, 0.25) is 0 Å². The van der Waals surface area contributed by atoms with Crippen LogP contribution in [0.2, 0.25) is 0 Å². The third-order valence-corrected chi connectivity index (χ3v) is 5.55. The van der Waals surface area contributed by atoms with E-state index in [-0.39, 0.29) is 22.6 Å². The van der Waals surface area contributed by atoms with Gasteiger partial charge in [-0.25, -0.2) is 0 Å². The van der Waals surface area contributed by atoms with Crippen molar-refractivity contribution in [3.05, 3.63) is 89.5 Å².